The standard InChI is InChI=1S/C12H13NO4S/c1-7(14)8-5-10(18-6-8)11(15)13-4-2-3-9(13)12(16)17/h5-6,9H,2-4H2,1H3,(H,16,17)/t9-/m1/s1. The smallest absolute Gasteiger partial charge is 0.326 e. The first-order chi connectivity index (χ1) is 8.50. The van der Waals surface area contributed by atoms with E-state index < -0.39 is 12.0 Å². The van der Waals surface area contributed by atoms with Gasteiger partial charge in [0.05, 0.1) is 4.88 Å². The van der Waals surface area contributed by atoms with Crippen LogP contribution in [0.25, 0.3) is 0 Å². The molecule has 0 bridgehead atoms. The molecule has 1 aliphatic rings. The predicted molar refractivity (Wildman–Crippen MR) is 66.0 cm³/mol. The number of carbonyl (C=O) groups is 3. The normalized spacial score (nSPS) is 18.9. The molecule has 0 aliphatic carbocycles. The highest BCUT2D eigenvalue weighted by Gasteiger charge is 2.34. The van der Waals surface area contributed by atoms with Crippen molar-refractivity contribution in [1.82, 2.24) is 4.90 Å². The molecule has 2 rings (SSSR count). The highest BCUT2D eigenvalue weighted by molar-refractivity contribution is 7.12. The Hall–Kier alpha value is -1.69. The summed E-state index contributed by atoms with van der Waals surface area (Å²) in [5.74, 6) is -1.36. The minimum absolute atomic E-state index is 0.0958. The number of aliphatic carboxylic acids is 1. The molecule has 1 aliphatic heterocycles. The molecule has 1 N–H and O–H groups in total. The lowest BCUT2D eigenvalue weighted by molar-refractivity contribution is -0.141. The lowest BCUT2D eigenvalue weighted by atomic mass is 10.2. The second kappa shape index (κ2) is 4.89. The molecule has 0 aromatic carbocycles. The Bertz CT molecular complexity index is 508. The summed E-state index contributed by atoms with van der Waals surface area (Å²) in [7, 11) is 0. The summed E-state index contributed by atoms with van der Waals surface area (Å²) < 4.78 is 0. The maximum absolute atomic E-state index is 12.2. The number of likely N-dealkylation sites (tertiary alicyclic amines) is 1. The zero-order valence-corrected chi connectivity index (χ0v) is 10.7. The number of carboxylic acid groups (broad SMARTS) is 1. The zero-order chi connectivity index (χ0) is 13.3. The third-order valence-corrected chi connectivity index (χ3v) is 3.93. The van der Waals surface area contributed by atoms with Gasteiger partial charge in [0.1, 0.15) is 6.04 Å². The Morgan fingerprint density at radius 3 is 2.72 bits per heavy atom. The van der Waals surface area contributed by atoms with Crippen molar-refractivity contribution in [3.63, 3.8) is 0 Å². The number of nitrogens with zero attached hydrogens (tertiary/aromatic N) is 1. The van der Waals surface area contributed by atoms with Crippen molar-refractivity contribution in [3.05, 3.63) is 21.9 Å². The van der Waals surface area contributed by atoms with Crippen molar-refractivity contribution in [3.8, 4) is 0 Å². The van der Waals surface area contributed by atoms with E-state index >= 15 is 0 Å². The number of ketones is 1. The Kier molecular flexibility index (Phi) is 3.47. The molecule has 0 spiro atoms. The molecule has 96 valence electrons. The molecule has 2 heterocycles. The molecule has 18 heavy (non-hydrogen) atoms. The van der Waals surface area contributed by atoms with E-state index in [2.05, 4.69) is 0 Å². The summed E-state index contributed by atoms with van der Waals surface area (Å²) in [6, 6.07) is 0.799. The Balaban J connectivity index is 2.20. The number of amides is 1. The quantitative estimate of drug-likeness (QED) is 0.845. The SMILES string of the molecule is CC(=O)c1csc(C(=O)N2CCC[C@@H]2C(=O)O)c1. The fourth-order valence-corrected chi connectivity index (χ4v) is 2.94. The summed E-state index contributed by atoms with van der Waals surface area (Å²) in [5, 5.41) is 10.7. The van der Waals surface area contributed by atoms with E-state index in [0.717, 1.165) is 0 Å². The summed E-state index contributed by atoms with van der Waals surface area (Å²) in [4.78, 5) is 36.1. The predicted octanol–water partition coefficient (Wildman–Crippen LogP) is 1.64. The van der Waals surface area contributed by atoms with Gasteiger partial charge in [-0.25, -0.2) is 4.79 Å². The molecule has 1 amide bonds. The number of carboxylic acids is 1. The number of thiophene rings is 1. The first kappa shape index (κ1) is 12.8. The van der Waals surface area contributed by atoms with Crippen LogP contribution in [-0.2, 0) is 4.79 Å². The van der Waals surface area contributed by atoms with Crippen molar-refractivity contribution in [2.24, 2.45) is 0 Å². The van der Waals surface area contributed by atoms with Gasteiger partial charge in [0.25, 0.3) is 5.91 Å². The maximum atomic E-state index is 12.2. The highest BCUT2D eigenvalue weighted by Crippen LogP contribution is 2.23. The van der Waals surface area contributed by atoms with Crippen LogP contribution < -0.4 is 0 Å². The lowest BCUT2D eigenvalue weighted by Gasteiger charge is -2.20. The van der Waals surface area contributed by atoms with Crippen molar-refractivity contribution in [2.45, 2.75) is 25.8 Å². The molecular formula is C12H13NO4S. The van der Waals surface area contributed by atoms with Crippen molar-refractivity contribution < 1.29 is 19.5 Å². The van der Waals surface area contributed by atoms with Crippen molar-refractivity contribution in [2.75, 3.05) is 6.54 Å². The van der Waals surface area contributed by atoms with Gasteiger partial charge < -0.3 is 10.0 Å². The zero-order valence-electron chi connectivity index (χ0n) is 9.88. The largest absolute Gasteiger partial charge is 0.480 e. The van der Waals surface area contributed by atoms with Crippen molar-refractivity contribution in [1.29, 1.82) is 0 Å². The van der Waals surface area contributed by atoms with Crippen LogP contribution in [0.3, 0.4) is 0 Å². The van der Waals surface area contributed by atoms with Gasteiger partial charge in [-0.2, -0.15) is 0 Å². The maximum Gasteiger partial charge on any atom is 0.326 e. The summed E-state index contributed by atoms with van der Waals surface area (Å²) in [6.07, 6.45) is 1.19. The summed E-state index contributed by atoms with van der Waals surface area (Å²) in [6.45, 7) is 1.90. The molecule has 0 saturated carbocycles. The number of Topliss-reactive ketones (excluding diaryl/α,β-unsaturated/α-hetero) is 1. The van der Waals surface area contributed by atoms with E-state index in [1.165, 1.54) is 29.2 Å². The number of hydrogen-bond donors (Lipinski definition) is 1. The molecule has 1 aromatic heterocycles. The van der Waals surface area contributed by atoms with Gasteiger partial charge in [-0.05, 0) is 25.8 Å². The molecule has 1 fully saturated rings. The third-order valence-electron chi connectivity index (χ3n) is 3.02. The number of rotatable bonds is 3. The van der Waals surface area contributed by atoms with E-state index in [1.54, 1.807) is 5.38 Å². The van der Waals surface area contributed by atoms with Gasteiger partial charge in [0, 0.05) is 17.5 Å². The first-order valence-electron chi connectivity index (χ1n) is 5.64. The second-order valence-electron chi connectivity index (χ2n) is 4.25. The topological polar surface area (TPSA) is 74.7 Å². The van der Waals surface area contributed by atoms with Gasteiger partial charge in [0.15, 0.2) is 5.78 Å². The van der Waals surface area contributed by atoms with Crippen LogP contribution in [0.5, 0.6) is 0 Å². The molecule has 1 atom stereocenters. The van der Waals surface area contributed by atoms with E-state index in [4.69, 9.17) is 5.11 Å². The second-order valence-corrected chi connectivity index (χ2v) is 5.16. The van der Waals surface area contributed by atoms with Crippen LogP contribution in [-0.4, -0.2) is 40.3 Å². The monoisotopic (exact) mass is 267 g/mol. The van der Waals surface area contributed by atoms with Crippen LogP contribution in [0.15, 0.2) is 11.4 Å². The van der Waals surface area contributed by atoms with Gasteiger partial charge >= 0.3 is 5.97 Å². The van der Waals surface area contributed by atoms with E-state index in [9.17, 15) is 14.4 Å². The molecule has 5 nitrogen and oxygen atoms in total. The third kappa shape index (κ3) is 2.28. The van der Waals surface area contributed by atoms with Crippen LogP contribution in [0.1, 0.15) is 39.8 Å². The lowest BCUT2D eigenvalue weighted by Crippen LogP contribution is -2.40. The molecule has 0 unspecified atom stereocenters. The van der Waals surface area contributed by atoms with E-state index in [0.29, 0.717) is 29.8 Å². The minimum Gasteiger partial charge on any atom is -0.480 e. The van der Waals surface area contributed by atoms with Gasteiger partial charge in [-0.3, -0.25) is 9.59 Å². The average molecular weight is 267 g/mol. The van der Waals surface area contributed by atoms with Crippen molar-refractivity contribution >= 4 is 29.0 Å². The van der Waals surface area contributed by atoms with E-state index in [-0.39, 0.29) is 11.7 Å². The molecule has 6 heteroatoms. The average Bonchev–Trinajstić information content (AvgIpc) is 2.97. The number of hydrogen-bond acceptors (Lipinski definition) is 4. The Labute approximate surface area is 108 Å². The first-order valence-corrected chi connectivity index (χ1v) is 6.52. The van der Waals surface area contributed by atoms with Crippen LogP contribution >= 0.6 is 11.3 Å². The fourth-order valence-electron chi connectivity index (χ4n) is 2.04. The number of carbonyl (C=O) groups excluding carboxylic acids is 2. The molecule has 1 aromatic rings. The van der Waals surface area contributed by atoms with Crippen LogP contribution in [0.4, 0.5) is 0 Å². The Morgan fingerprint density at radius 1 is 1.44 bits per heavy atom. The van der Waals surface area contributed by atoms with Crippen LogP contribution in [0.2, 0.25) is 0 Å². The Morgan fingerprint density at radius 2 is 2.17 bits per heavy atom. The van der Waals surface area contributed by atoms with Gasteiger partial charge in [-0.1, -0.05) is 0 Å². The van der Waals surface area contributed by atoms with Gasteiger partial charge in [0.2, 0.25) is 0 Å². The summed E-state index contributed by atoms with van der Waals surface area (Å²) >= 11 is 1.18. The summed E-state index contributed by atoms with van der Waals surface area (Å²) in [5.41, 5.74) is 0.495. The molecule has 1 saturated heterocycles. The molecule has 0 radical (unpaired) electrons. The van der Waals surface area contributed by atoms with Gasteiger partial charge in [-0.15, -0.1) is 11.3 Å². The van der Waals surface area contributed by atoms with E-state index in [1.807, 2.05) is 0 Å². The minimum atomic E-state index is -0.968. The highest BCUT2D eigenvalue weighted by atomic mass is 32.1. The molecular weight excluding hydrogens is 254 g/mol. The fraction of sp³-hybridized carbons (Fsp3) is 0.417. The van der Waals surface area contributed by atoms with Crippen LogP contribution in [0, 0.1) is 0 Å².